The molecular weight excluding hydrogens is 276 g/mol. The topological polar surface area (TPSA) is 106 Å². The summed E-state index contributed by atoms with van der Waals surface area (Å²) in [6.45, 7) is 0.495. The van der Waals surface area contributed by atoms with Crippen LogP contribution in [0.15, 0.2) is 10.7 Å². The number of hydrogen-bond donors (Lipinski definition) is 2. The predicted molar refractivity (Wildman–Crippen MR) is 66.6 cm³/mol. The molecule has 0 aliphatic carbocycles. The summed E-state index contributed by atoms with van der Waals surface area (Å²) in [6.07, 6.45) is 1.62. The standard InChI is InChI=1S/C8H10N6O2S2/c1-14-4-10-11-5(14)2-9-7-12-13-8(18-7)17-3-6(15)16/h4H,2-3H2,1H3,(H,9,12)(H,15,16). The minimum absolute atomic E-state index is 0.0160. The summed E-state index contributed by atoms with van der Waals surface area (Å²) in [5, 5.41) is 27.7. The van der Waals surface area contributed by atoms with Crippen LogP contribution < -0.4 is 5.32 Å². The number of carboxylic acid groups (broad SMARTS) is 1. The Hall–Kier alpha value is -1.68. The first-order chi connectivity index (χ1) is 8.65. The van der Waals surface area contributed by atoms with Crippen molar-refractivity contribution in [3.05, 3.63) is 12.2 Å². The van der Waals surface area contributed by atoms with E-state index < -0.39 is 5.97 Å². The molecule has 0 unspecified atom stereocenters. The normalized spacial score (nSPS) is 10.5. The Kier molecular flexibility index (Phi) is 4.10. The maximum Gasteiger partial charge on any atom is 0.313 e. The molecule has 0 amide bonds. The van der Waals surface area contributed by atoms with E-state index in [1.54, 1.807) is 10.9 Å². The van der Waals surface area contributed by atoms with Gasteiger partial charge in [0.1, 0.15) is 6.33 Å². The Morgan fingerprint density at radius 1 is 1.56 bits per heavy atom. The van der Waals surface area contributed by atoms with Crippen LogP contribution in [-0.2, 0) is 18.4 Å². The Morgan fingerprint density at radius 2 is 2.39 bits per heavy atom. The largest absolute Gasteiger partial charge is 0.481 e. The lowest BCUT2D eigenvalue weighted by Crippen LogP contribution is -2.05. The van der Waals surface area contributed by atoms with Gasteiger partial charge in [-0.15, -0.1) is 20.4 Å². The summed E-state index contributed by atoms with van der Waals surface area (Å²) < 4.78 is 2.42. The zero-order valence-electron chi connectivity index (χ0n) is 9.40. The van der Waals surface area contributed by atoms with Gasteiger partial charge in [0.2, 0.25) is 5.13 Å². The van der Waals surface area contributed by atoms with E-state index >= 15 is 0 Å². The fourth-order valence-electron chi connectivity index (χ4n) is 1.08. The summed E-state index contributed by atoms with van der Waals surface area (Å²) in [7, 11) is 1.85. The van der Waals surface area contributed by atoms with Gasteiger partial charge in [-0.05, 0) is 0 Å². The van der Waals surface area contributed by atoms with Crippen molar-refractivity contribution >= 4 is 34.2 Å². The number of aromatic nitrogens is 5. The van der Waals surface area contributed by atoms with Crippen molar-refractivity contribution in [3.63, 3.8) is 0 Å². The van der Waals surface area contributed by atoms with Crippen LogP contribution in [0.5, 0.6) is 0 Å². The summed E-state index contributed by atoms with van der Waals surface area (Å²) in [5.74, 6) is -0.105. The van der Waals surface area contributed by atoms with Crippen molar-refractivity contribution < 1.29 is 9.90 Å². The second kappa shape index (κ2) is 5.78. The van der Waals surface area contributed by atoms with Crippen LogP contribution in [0.2, 0.25) is 0 Å². The van der Waals surface area contributed by atoms with E-state index in [9.17, 15) is 4.79 Å². The van der Waals surface area contributed by atoms with Gasteiger partial charge in [0.25, 0.3) is 0 Å². The number of carbonyl (C=O) groups is 1. The average molecular weight is 286 g/mol. The minimum atomic E-state index is -0.871. The highest BCUT2D eigenvalue weighted by Crippen LogP contribution is 2.25. The van der Waals surface area contributed by atoms with Crippen molar-refractivity contribution in [2.75, 3.05) is 11.1 Å². The highest BCUT2D eigenvalue weighted by Gasteiger charge is 2.08. The van der Waals surface area contributed by atoms with Gasteiger partial charge in [-0.1, -0.05) is 23.1 Å². The fourth-order valence-corrected chi connectivity index (χ4v) is 2.55. The molecule has 0 spiro atoms. The molecule has 96 valence electrons. The van der Waals surface area contributed by atoms with Crippen LogP contribution in [0.1, 0.15) is 5.82 Å². The van der Waals surface area contributed by atoms with E-state index in [0.29, 0.717) is 16.0 Å². The number of hydrogen-bond acceptors (Lipinski definition) is 8. The Bertz CT molecular complexity index is 539. The molecule has 0 radical (unpaired) electrons. The van der Waals surface area contributed by atoms with E-state index in [0.717, 1.165) is 17.6 Å². The van der Waals surface area contributed by atoms with Crippen molar-refractivity contribution in [1.29, 1.82) is 0 Å². The molecule has 0 atom stereocenters. The number of thioether (sulfide) groups is 1. The first-order valence-electron chi connectivity index (χ1n) is 4.90. The molecule has 8 nitrogen and oxygen atoms in total. The maximum absolute atomic E-state index is 10.4. The molecule has 2 aromatic heterocycles. The van der Waals surface area contributed by atoms with Gasteiger partial charge in [0.15, 0.2) is 10.2 Å². The molecule has 10 heteroatoms. The zero-order chi connectivity index (χ0) is 13.0. The van der Waals surface area contributed by atoms with Crippen molar-refractivity contribution in [2.45, 2.75) is 10.9 Å². The SMILES string of the molecule is Cn1cnnc1CNc1nnc(SCC(=O)O)s1. The Balaban J connectivity index is 1.87. The molecule has 2 heterocycles. The summed E-state index contributed by atoms with van der Waals surface area (Å²) in [6, 6.07) is 0. The Labute approximate surface area is 110 Å². The van der Waals surface area contributed by atoms with Gasteiger partial charge in [0.05, 0.1) is 12.3 Å². The molecule has 18 heavy (non-hydrogen) atoms. The van der Waals surface area contributed by atoms with Gasteiger partial charge in [0, 0.05) is 7.05 Å². The molecular formula is C8H10N6O2S2. The lowest BCUT2D eigenvalue weighted by atomic mass is 10.6. The second-order valence-electron chi connectivity index (χ2n) is 3.27. The van der Waals surface area contributed by atoms with Gasteiger partial charge in [-0.3, -0.25) is 4.79 Å². The van der Waals surface area contributed by atoms with E-state index in [4.69, 9.17) is 5.11 Å². The highest BCUT2D eigenvalue weighted by molar-refractivity contribution is 8.01. The molecule has 0 aliphatic rings. The molecule has 0 saturated carbocycles. The highest BCUT2D eigenvalue weighted by atomic mass is 32.2. The second-order valence-corrected chi connectivity index (χ2v) is 5.47. The lowest BCUT2D eigenvalue weighted by molar-refractivity contribution is -0.133. The summed E-state index contributed by atoms with van der Waals surface area (Å²) in [4.78, 5) is 10.4. The predicted octanol–water partition coefficient (Wildman–Crippen LogP) is 0.455. The van der Waals surface area contributed by atoms with E-state index in [2.05, 4.69) is 25.7 Å². The number of nitrogens with one attached hydrogen (secondary N) is 1. The summed E-state index contributed by atoms with van der Waals surface area (Å²) in [5.41, 5.74) is 0. The number of anilines is 1. The maximum atomic E-state index is 10.4. The quantitative estimate of drug-likeness (QED) is 0.737. The van der Waals surface area contributed by atoms with Gasteiger partial charge in [-0.2, -0.15) is 0 Å². The van der Waals surface area contributed by atoms with E-state index in [-0.39, 0.29) is 5.75 Å². The Morgan fingerprint density at radius 3 is 3.06 bits per heavy atom. The van der Waals surface area contributed by atoms with Crippen molar-refractivity contribution in [1.82, 2.24) is 25.0 Å². The third-order valence-electron chi connectivity index (χ3n) is 1.93. The van der Waals surface area contributed by atoms with Crippen molar-refractivity contribution in [2.24, 2.45) is 7.05 Å². The van der Waals surface area contributed by atoms with E-state index in [1.165, 1.54) is 11.3 Å². The number of rotatable bonds is 6. The first-order valence-corrected chi connectivity index (χ1v) is 6.70. The van der Waals surface area contributed by atoms with Gasteiger partial charge < -0.3 is 15.0 Å². The molecule has 0 bridgehead atoms. The number of aryl methyl sites for hydroxylation is 1. The van der Waals surface area contributed by atoms with Crippen molar-refractivity contribution in [3.8, 4) is 0 Å². The minimum Gasteiger partial charge on any atom is -0.481 e. The molecule has 2 aromatic rings. The van der Waals surface area contributed by atoms with Crippen LogP contribution in [-0.4, -0.2) is 41.8 Å². The summed E-state index contributed by atoms with van der Waals surface area (Å²) >= 11 is 2.46. The first kappa shape index (κ1) is 12.8. The van der Waals surface area contributed by atoms with Crippen LogP contribution in [0.3, 0.4) is 0 Å². The van der Waals surface area contributed by atoms with Crippen LogP contribution in [0.25, 0.3) is 0 Å². The smallest absolute Gasteiger partial charge is 0.313 e. The third-order valence-corrected chi connectivity index (χ3v) is 3.93. The molecule has 0 fully saturated rings. The number of carboxylic acids is 1. The molecule has 0 aliphatic heterocycles. The number of nitrogens with zero attached hydrogens (tertiary/aromatic N) is 5. The van der Waals surface area contributed by atoms with Gasteiger partial charge >= 0.3 is 5.97 Å². The van der Waals surface area contributed by atoms with Gasteiger partial charge in [-0.25, -0.2) is 0 Å². The van der Waals surface area contributed by atoms with Crippen LogP contribution >= 0.6 is 23.1 Å². The average Bonchev–Trinajstić information content (AvgIpc) is 2.93. The lowest BCUT2D eigenvalue weighted by Gasteiger charge is -2.00. The third kappa shape index (κ3) is 3.40. The molecule has 2 N–H and O–H groups in total. The van der Waals surface area contributed by atoms with Crippen LogP contribution in [0, 0.1) is 0 Å². The fraction of sp³-hybridized carbons (Fsp3) is 0.375. The molecule has 0 saturated heterocycles. The number of aliphatic carboxylic acids is 1. The monoisotopic (exact) mass is 286 g/mol. The van der Waals surface area contributed by atoms with Crippen LogP contribution in [0.4, 0.5) is 5.13 Å². The zero-order valence-corrected chi connectivity index (χ0v) is 11.0. The molecule has 2 rings (SSSR count). The molecule has 0 aromatic carbocycles. The van der Waals surface area contributed by atoms with E-state index in [1.807, 2.05) is 7.05 Å².